The van der Waals surface area contributed by atoms with E-state index in [1.807, 2.05) is 12.1 Å². The van der Waals surface area contributed by atoms with Gasteiger partial charge in [0.1, 0.15) is 0 Å². The van der Waals surface area contributed by atoms with E-state index < -0.39 is 17.4 Å². The molecule has 3 N–H and O–H groups in total. The van der Waals surface area contributed by atoms with Gasteiger partial charge in [-0.05, 0) is 37.3 Å². The van der Waals surface area contributed by atoms with E-state index in [1.54, 1.807) is 4.90 Å². The fraction of sp³-hybridized carbons (Fsp3) is 0.526. The molecule has 0 bridgehead atoms. The molecule has 2 fully saturated rings. The molecule has 0 aliphatic carbocycles. The van der Waals surface area contributed by atoms with E-state index in [9.17, 15) is 19.5 Å². The zero-order chi connectivity index (χ0) is 18.3. The van der Waals surface area contributed by atoms with Gasteiger partial charge >= 0.3 is 5.97 Å². The number of rotatable bonds is 2. The lowest BCUT2D eigenvalue weighted by molar-refractivity contribution is -0.144. The number of carbonyl (C=O) groups is 3. The number of fused-ring (bicyclic) bond motifs is 1. The molecule has 1 unspecified atom stereocenters. The zero-order valence-electron chi connectivity index (χ0n) is 14.6. The summed E-state index contributed by atoms with van der Waals surface area (Å²) in [5.41, 5.74) is 2.07. The van der Waals surface area contributed by atoms with Gasteiger partial charge in [-0.25, -0.2) is 0 Å². The van der Waals surface area contributed by atoms with Gasteiger partial charge in [-0.2, -0.15) is 0 Å². The van der Waals surface area contributed by atoms with Crippen LogP contribution in [0.25, 0.3) is 0 Å². The minimum atomic E-state index is -0.940. The number of amides is 2. The van der Waals surface area contributed by atoms with Crippen LogP contribution < -0.4 is 10.6 Å². The minimum Gasteiger partial charge on any atom is -0.481 e. The van der Waals surface area contributed by atoms with Crippen LogP contribution in [0.3, 0.4) is 0 Å². The van der Waals surface area contributed by atoms with Crippen LogP contribution in [0, 0.1) is 5.92 Å². The lowest BCUT2D eigenvalue weighted by Gasteiger charge is -2.41. The Labute approximate surface area is 151 Å². The van der Waals surface area contributed by atoms with Gasteiger partial charge in [-0.15, -0.1) is 0 Å². The third-order valence-electron chi connectivity index (χ3n) is 5.99. The van der Waals surface area contributed by atoms with Crippen LogP contribution in [-0.4, -0.2) is 53.0 Å². The Bertz CT molecular complexity index is 768. The number of aryl methyl sites for hydroxylation is 1. The Balaban J connectivity index is 1.51. The van der Waals surface area contributed by atoms with Crippen molar-refractivity contribution in [2.75, 3.05) is 25.0 Å². The molecule has 7 nitrogen and oxygen atoms in total. The predicted octanol–water partition coefficient (Wildman–Crippen LogP) is 1.24. The number of carboxylic acid groups (broad SMARTS) is 1. The summed E-state index contributed by atoms with van der Waals surface area (Å²) < 4.78 is 0. The van der Waals surface area contributed by atoms with Crippen LogP contribution in [-0.2, 0) is 16.0 Å². The first kappa shape index (κ1) is 16.9. The fourth-order valence-electron chi connectivity index (χ4n) is 4.56. The number of likely N-dealkylation sites (tertiary alicyclic amines) is 1. The van der Waals surface area contributed by atoms with E-state index in [2.05, 4.69) is 16.7 Å². The smallest absolute Gasteiger partial charge is 0.309 e. The second-order valence-electron chi connectivity index (χ2n) is 7.46. The second-order valence-corrected chi connectivity index (χ2v) is 7.46. The van der Waals surface area contributed by atoms with Crippen molar-refractivity contribution in [3.05, 3.63) is 29.3 Å². The maximum atomic E-state index is 13.0. The van der Waals surface area contributed by atoms with Gasteiger partial charge in [0.2, 0.25) is 5.91 Å². The molecule has 26 heavy (non-hydrogen) atoms. The van der Waals surface area contributed by atoms with Gasteiger partial charge in [0, 0.05) is 26.1 Å². The number of benzene rings is 1. The number of para-hydroxylation sites is 1. The summed E-state index contributed by atoms with van der Waals surface area (Å²) in [7, 11) is 0. The van der Waals surface area contributed by atoms with Gasteiger partial charge in [0.15, 0.2) is 0 Å². The van der Waals surface area contributed by atoms with Crippen molar-refractivity contribution in [2.24, 2.45) is 5.92 Å². The van der Waals surface area contributed by atoms with Gasteiger partial charge in [-0.3, -0.25) is 14.4 Å². The molecule has 1 spiro atoms. The number of carboxylic acids is 1. The molecular weight excluding hydrogens is 334 g/mol. The molecule has 3 aliphatic rings. The molecule has 0 radical (unpaired) electrons. The number of piperidine rings is 1. The molecule has 1 aromatic rings. The molecule has 138 valence electrons. The van der Waals surface area contributed by atoms with E-state index in [1.165, 1.54) is 5.56 Å². The fourth-order valence-corrected chi connectivity index (χ4v) is 4.56. The number of aliphatic carboxylic acids is 1. The Morgan fingerprint density at radius 2 is 2.00 bits per heavy atom. The maximum absolute atomic E-state index is 13.0. The summed E-state index contributed by atoms with van der Waals surface area (Å²) in [5.74, 6) is -1.89. The molecule has 3 heterocycles. The van der Waals surface area contributed by atoms with E-state index in [0.29, 0.717) is 31.5 Å². The summed E-state index contributed by atoms with van der Waals surface area (Å²) in [4.78, 5) is 38.1. The highest BCUT2D eigenvalue weighted by Crippen LogP contribution is 2.37. The standard InChI is InChI=1S/C19H23N3O4/c23-15-11-14(18(25)26)19(21-15)6-9-22(10-7-19)17(24)13-5-1-3-12-4-2-8-20-16(12)13/h1,3,5,14,20H,2,4,6-11H2,(H,21,23)(H,25,26). The lowest BCUT2D eigenvalue weighted by Crippen LogP contribution is -2.56. The third-order valence-corrected chi connectivity index (χ3v) is 5.99. The largest absolute Gasteiger partial charge is 0.481 e. The Kier molecular flexibility index (Phi) is 4.09. The Morgan fingerprint density at radius 3 is 2.73 bits per heavy atom. The molecule has 1 atom stereocenters. The summed E-state index contributed by atoms with van der Waals surface area (Å²) in [6.07, 6.45) is 3.01. The normalized spacial score (nSPS) is 23.9. The quantitative estimate of drug-likeness (QED) is 0.740. The van der Waals surface area contributed by atoms with Crippen LogP contribution >= 0.6 is 0 Å². The third kappa shape index (κ3) is 2.71. The average Bonchev–Trinajstić information content (AvgIpc) is 2.97. The molecule has 0 aromatic heterocycles. The molecule has 2 saturated heterocycles. The van der Waals surface area contributed by atoms with Gasteiger partial charge < -0.3 is 20.6 Å². The number of anilines is 1. The number of nitrogens with zero attached hydrogens (tertiary/aromatic N) is 1. The molecule has 7 heteroatoms. The Hall–Kier alpha value is -2.57. The first-order valence-corrected chi connectivity index (χ1v) is 9.19. The SMILES string of the molecule is O=C1CC(C(=O)O)C2(CCN(C(=O)c3cccc4c3NCCC4)CC2)N1. The summed E-state index contributed by atoms with van der Waals surface area (Å²) in [6.45, 7) is 1.77. The number of hydrogen-bond donors (Lipinski definition) is 3. The molecule has 4 rings (SSSR count). The number of nitrogens with one attached hydrogen (secondary N) is 2. The lowest BCUT2D eigenvalue weighted by atomic mass is 9.77. The van der Waals surface area contributed by atoms with Crippen LogP contribution in [0.15, 0.2) is 18.2 Å². The van der Waals surface area contributed by atoms with E-state index in [0.717, 1.165) is 25.1 Å². The van der Waals surface area contributed by atoms with Crippen LogP contribution in [0.5, 0.6) is 0 Å². The highest BCUT2D eigenvalue weighted by Gasteiger charge is 2.52. The first-order chi connectivity index (χ1) is 12.5. The van der Waals surface area contributed by atoms with Crippen molar-refractivity contribution in [2.45, 2.75) is 37.6 Å². The molecule has 3 aliphatic heterocycles. The Morgan fingerprint density at radius 1 is 1.23 bits per heavy atom. The summed E-state index contributed by atoms with van der Waals surface area (Å²) >= 11 is 0. The predicted molar refractivity (Wildman–Crippen MR) is 95.0 cm³/mol. The number of carbonyl (C=O) groups excluding carboxylic acids is 2. The molecule has 1 aromatic carbocycles. The average molecular weight is 357 g/mol. The monoisotopic (exact) mass is 357 g/mol. The molecule has 2 amide bonds. The van der Waals surface area contributed by atoms with Crippen molar-refractivity contribution >= 4 is 23.5 Å². The van der Waals surface area contributed by atoms with Crippen molar-refractivity contribution < 1.29 is 19.5 Å². The van der Waals surface area contributed by atoms with Crippen LogP contribution in [0.2, 0.25) is 0 Å². The van der Waals surface area contributed by atoms with Crippen LogP contribution in [0.4, 0.5) is 5.69 Å². The van der Waals surface area contributed by atoms with Crippen LogP contribution in [0.1, 0.15) is 41.6 Å². The van der Waals surface area contributed by atoms with Gasteiger partial charge in [0.25, 0.3) is 5.91 Å². The van der Waals surface area contributed by atoms with Gasteiger partial charge in [0.05, 0.1) is 22.7 Å². The highest BCUT2D eigenvalue weighted by atomic mass is 16.4. The molecule has 0 saturated carbocycles. The summed E-state index contributed by atoms with van der Waals surface area (Å²) in [6, 6.07) is 5.82. The van der Waals surface area contributed by atoms with E-state index in [-0.39, 0.29) is 18.2 Å². The topological polar surface area (TPSA) is 98.7 Å². The molecular formula is C19H23N3O4. The zero-order valence-corrected chi connectivity index (χ0v) is 14.6. The van der Waals surface area contributed by atoms with Gasteiger partial charge in [-0.1, -0.05) is 12.1 Å². The van der Waals surface area contributed by atoms with Crippen molar-refractivity contribution in [3.63, 3.8) is 0 Å². The van der Waals surface area contributed by atoms with Crippen molar-refractivity contribution in [1.82, 2.24) is 10.2 Å². The number of hydrogen-bond acceptors (Lipinski definition) is 4. The van der Waals surface area contributed by atoms with Crippen molar-refractivity contribution in [1.29, 1.82) is 0 Å². The second kappa shape index (κ2) is 6.30. The van der Waals surface area contributed by atoms with E-state index >= 15 is 0 Å². The highest BCUT2D eigenvalue weighted by molar-refractivity contribution is 6.00. The van der Waals surface area contributed by atoms with Crippen molar-refractivity contribution in [3.8, 4) is 0 Å². The first-order valence-electron chi connectivity index (χ1n) is 9.19. The maximum Gasteiger partial charge on any atom is 0.309 e. The minimum absolute atomic E-state index is 0.0256. The van der Waals surface area contributed by atoms with E-state index in [4.69, 9.17) is 0 Å². The summed E-state index contributed by atoms with van der Waals surface area (Å²) in [5, 5.41) is 15.7.